The van der Waals surface area contributed by atoms with E-state index in [9.17, 15) is 14.4 Å². The first-order chi connectivity index (χ1) is 9.38. The maximum Gasteiger partial charge on any atom is 0.318 e. The number of nitrogens with one attached hydrogen (secondary N) is 1. The molecule has 0 fully saturated rings. The van der Waals surface area contributed by atoms with Crippen LogP contribution in [-0.2, 0) is 14.3 Å². The summed E-state index contributed by atoms with van der Waals surface area (Å²) >= 11 is 4.60. The monoisotopic (exact) mass is 360 g/mol. The summed E-state index contributed by atoms with van der Waals surface area (Å²) in [6.45, 7) is 1.36. The standard InChI is InChI=1S/C12H13BrN2O4S/c1-7(11(17)15-12(14)18)19-10(16)6-20-9-4-2-8(13)3-5-9/h2-5,7H,6H2,1H3,(H3,14,15,17,18)/t7-/m1/s1. The van der Waals surface area contributed by atoms with E-state index in [1.807, 2.05) is 29.6 Å². The Kier molecular flexibility index (Phi) is 6.53. The van der Waals surface area contributed by atoms with Crippen LogP contribution in [0.3, 0.4) is 0 Å². The molecule has 6 nitrogen and oxygen atoms in total. The second-order valence-electron chi connectivity index (χ2n) is 3.73. The number of halogens is 1. The Hall–Kier alpha value is -1.54. The molecule has 3 amide bonds. The zero-order valence-corrected chi connectivity index (χ0v) is 13.0. The number of nitrogens with two attached hydrogens (primary N) is 1. The van der Waals surface area contributed by atoms with Crippen molar-refractivity contribution in [2.45, 2.75) is 17.9 Å². The van der Waals surface area contributed by atoms with Gasteiger partial charge in [0.05, 0.1) is 5.75 Å². The third-order valence-corrected chi connectivity index (χ3v) is 3.61. The molecule has 1 aromatic carbocycles. The van der Waals surface area contributed by atoms with Crippen molar-refractivity contribution in [1.29, 1.82) is 0 Å². The number of thioether (sulfide) groups is 1. The SMILES string of the molecule is C[C@@H](OC(=O)CSc1ccc(Br)cc1)C(=O)NC(N)=O. The Bertz CT molecular complexity index is 507. The van der Waals surface area contributed by atoms with Crippen LogP contribution in [0.4, 0.5) is 4.79 Å². The fraction of sp³-hybridized carbons (Fsp3) is 0.250. The number of hydrogen-bond donors (Lipinski definition) is 2. The number of urea groups is 1. The molecule has 0 bridgehead atoms. The van der Waals surface area contributed by atoms with Crippen molar-refractivity contribution in [2.75, 3.05) is 5.75 Å². The summed E-state index contributed by atoms with van der Waals surface area (Å²) in [5, 5.41) is 1.84. The van der Waals surface area contributed by atoms with Gasteiger partial charge in [-0.2, -0.15) is 0 Å². The molecule has 108 valence electrons. The summed E-state index contributed by atoms with van der Waals surface area (Å²) in [7, 11) is 0. The van der Waals surface area contributed by atoms with Gasteiger partial charge in [-0.1, -0.05) is 15.9 Å². The first-order valence-corrected chi connectivity index (χ1v) is 7.34. The Morgan fingerprint density at radius 2 is 1.95 bits per heavy atom. The number of imide groups is 1. The summed E-state index contributed by atoms with van der Waals surface area (Å²) in [6.07, 6.45) is -1.07. The van der Waals surface area contributed by atoms with Crippen molar-refractivity contribution in [1.82, 2.24) is 5.32 Å². The highest BCUT2D eigenvalue weighted by Gasteiger charge is 2.18. The van der Waals surface area contributed by atoms with Gasteiger partial charge in [-0.3, -0.25) is 14.9 Å². The minimum absolute atomic E-state index is 0.0653. The molecule has 1 rings (SSSR count). The van der Waals surface area contributed by atoms with Crippen molar-refractivity contribution in [3.63, 3.8) is 0 Å². The van der Waals surface area contributed by atoms with Gasteiger partial charge in [0.15, 0.2) is 6.10 Å². The molecule has 20 heavy (non-hydrogen) atoms. The second-order valence-corrected chi connectivity index (χ2v) is 5.69. The molecule has 0 heterocycles. The van der Waals surface area contributed by atoms with Crippen LogP contribution in [0.2, 0.25) is 0 Å². The molecular formula is C12H13BrN2O4S. The maximum absolute atomic E-state index is 11.5. The van der Waals surface area contributed by atoms with Crippen LogP contribution in [0.25, 0.3) is 0 Å². The average Bonchev–Trinajstić information content (AvgIpc) is 2.37. The summed E-state index contributed by atoms with van der Waals surface area (Å²) in [5.74, 6) is -1.24. The summed E-state index contributed by atoms with van der Waals surface area (Å²) in [4.78, 5) is 34.2. The van der Waals surface area contributed by atoms with E-state index in [-0.39, 0.29) is 5.75 Å². The molecule has 0 aliphatic heterocycles. The number of carbonyl (C=O) groups is 3. The van der Waals surface area contributed by atoms with E-state index >= 15 is 0 Å². The van der Waals surface area contributed by atoms with Gasteiger partial charge < -0.3 is 10.5 Å². The van der Waals surface area contributed by atoms with Gasteiger partial charge in [0.1, 0.15) is 0 Å². The molecule has 0 saturated heterocycles. The number of benzene rings is 1. The molecule has 1 aromatic rings. The van der Waals surface area contributed by atoms with Crippen LogP contribution in [0, 0.1) is 0 Å². The van der Waals surface area contributed by atoms with E-state index in [2.05, 4.69) is 15.9 Å². The molecule has 0 saturated carbocycles. The number of hydrogen-bond acceptors (Lipinski definition) is 5. The Labute approximate surface area is 128 Å². The van der Waals surface area contributed by atoms with Gasteiger partial charge in [-0.25, -0.2) is 4.79 Å². The van der Waals surface area contributed by atoms with Gasteiger partial charge in [0, 0.05) is 9.37 Å². The predicted molar refractivity (Wildman–Crippen MR) is 78.1 cm³/mol. The summed E-state index contributed by atoms with van der Waals surface area (Å²) in [6, 6.07) is 6.44. The number of primary amides is 1. The van der Waals surface area contributed by atoms with E-state index in [1.54, 1.807) is 0 Å². The van der Waals surface area contributed by atoms with Crippen molar-refractivity contribution in [3.05, 3.63) is 28.7 Å². The highest BCUT2D eigenvalue weighted by Crippen LogP contribution is 2.20. The van der Waals surface area contributed by atoms with Crippen LogP contribution < -0.4 is 11.1 Å². The Morgan fingerprint density at radius 3 is 2.50 bits per heavy atom. The van der Waals surface area contributed by atoms with Gasteiger partial charge in [0.25, 0.3) is 5.91 Å². The van der Waals surface area contributed by atoms with E-state index in [0.717, 1.165) is 9.37 Å². The largest absolute Gasteiger partial charge is 0.452 e. The lowest BCUT2D eigenvalue weighted by molar-refractivity contribution is -0.151. The van der Waals surface area contributed by atoms with Crippen LogP contribution in [-0.4, -0.2) is 29.8 Å². The number of ether oxygens (including phenoxy) is 1. The van der Waals surface area contributed by atoms with Gasteiger partial charge in [0.2, 0.25) is 0 Å². The molecule has 3 N–H and O–H groups in total. The smallest absolute Gasteiger partial charge is 0.318 e. The molecule has 1 atom stereocenters. The minimum atomic E-state index is -1.07. The molecule has 0 aliphatic carbocycles. The minimum Gasteiger partial charge on any atom is -0.452 e. The van der Waals surface area contributed by atoms with Gasteiger partial charge >= 0.3 is 12.0 Å². The highest BCUT2D eigenvalue weighted by atomic mass is 79.9. The third-order valence-electron chi connectivity index (χ3n) is 2.09. The quantitative estimate of drug-likeness (QED) is 0.614. The topological polar surface area (TPSA) is 98.5 Å². The first kappa shape index (κ1) is 16.5. The van der Waals surface area contributed by atoms with Gasteiger partial charge in [-0.15, -0.1) is 11.8 Å². The molecule has 0 unspecified atom stereocenters. The van der Waals surface area contributed by atoms with Crippen LogP contribution >= 0.6 is 27.7 Å². The van der Waals surface area contributed by atoms with E-state index in [0.29, 0.717) is 0 Å². The van der Waals surface area contributed by atoms with E-state index in [1.165, 1.54) is 18.7 Å². The zero-order valence-electron chi connectivity index (χ0n) is 10.6. The molecule has 8 heteroatoms. The molecule has 0 aromatic heterocycles. The fourth-order valence-corrected chi connectivity index (χ4v) is 2.13. The van der Waals surface area contributed by atoms with Crippen molar-refractivity contribution in [3.8, 4) is 0 Å². The number of esters is 1. The Morgan fingerprint density at radius 1 is 1.35 bits per heavy atom. The number of carbonyl (C=O) groups excluding carboxylic acids is 3. The zero-order chi connectivity index (χ0) is 15.1. The van der Waals surface area contributed by atoms with Crippen molar-refractivity contribution < 1.29 is 19.1 Å². The molecule has 0 spiro atoms. The lowest BCUT2D eigenvalue weighted by Crippen LogP contribution is -2.42. The molecular weight excluding hydrogens is 348 g/mol. The first-order valence-electron chi connectivity index (χ1n) is 5.56. The molecule has 0 aliphatic rings. The van der Waals surface area contributed by atoms with Crippen molar-refractivity contribution in [2.24, 2.45) is 5.73 Å². The van der Waals surface area contributed by atoms with Crippen molar-refractivity contribution >= 4 is 45.6 Å². The highest BCUT2D eigenvalue weighted by molar-refractivity contribution is 9.10. The fourth-order valence-electron chi connectivity index (χ4n) is 1.18. The normalized spacial score (nSPS) is 11.5. The summed E-state index contributed by atoms with van der Waals surface area (Å²) < 4.78 is 5.82. The van der Waals surface area contributed by atoms with E-state index < -0.39 is 24.0 Å². The summed E-state index contributed by atoms with van der Waals surface area (Å²) in [5.41, 5.74) is 4.79. The molecule has 0 radical (unpaired) electrons. The van der Waals surface area contributed by atoms with Gasteiger partial charge in [-0.05, 0) is 31.2 Å². The second kappa shape index (κ2) is 7.91. The van der Waals surface area contributed by atoms with Crippen LogP contribution in [0.1, 0.15) is 6.92 Å². The predicted octanol–water partition coefficient (Wildman–Crippen LogP) is 1.67. The third kappa shape index (κ3) is 6.07. The van der Waals surface area contributed by atoms with Crippen LogP contribution in [0.15, 0.2) is 33.6 Å². The van der Waals surface area contributed by atoms with E-state index in [4.69, 9.17) is 10.5 Å². The average molecular weight is 361 g/mol. The maximum atomic E-state index is 11.5. The number of amides is 3. The lowest BCUT2D eigenvalue weighted by Gasteiger charge is -2.11. The van der Waals surface area contributed by atoms with Crippen LogP contribution in [0.5, 0.6) is 0 Å². The number of rotatable bonds is 5. The Balaban J connectivity index is 2.38. The lowest BCUT2D eigenvalue weighted by atomic mass is 10.4.